The van der Waals surface area contributed by atoms with Gasteiger partial charge in [-0.1, -0.05) is 23.7 Å². The number of hydrogen-bond acceptors (Lipinski definition) is 4. The van der Waals surface area contributed by atoms with Crippen molar-refractivity contribution in [2.45, 2.75) is 10.6 Å². The first-order valence-electron chi connectivity index (χ1n) is 5.08. The zero-order valence-electron chi connectivity index (χ0n) is 9.21. The Bertz CT molecular complexity index is 560. The van der Waals surface area contributed by atoms with Crippen molar-refractivity contribution in [3.05, 3.63) is 53.1 Å². The average molecular weight is 281 g/mol. The number of benzene rings is 1. The van der Waals surface area contributed by atoms with Crippen molar-refractivity contribution in [2.24, 2.45) is 0 Å². The number of aromatic nitrogens is 2. The Morgan fingerprint density at radius 3 is 2.56 bits per heavy atom. The monoisotopic (exact) mass is 280 g/mol. The molecule has 0 bridgehead atoms. The number of thioether (sulfide) groups is 1. The molecular weight excluding hydrogens is 272 g/mol. The van der Waals surface area contributed by atoms with E-state index in [0.29, 0.717) is 16.6 Å². The van der Waals surface area contributed by atoms with Crippen LogP contribution in [0.2, 0.25) is 5.02 Å². The fourth-order valence-corrected chi connectivity index (χ4v) is 2.36. The predicted octanol–water partition coefficient (Wildman–Crippen LogP) is 3.12. The van der Waals surface area contributed by atoms with E-state index in [0.717, 1.165) is 4.90 Å². The smallest absolute Gasteiger partial charge is 0.338 e. The highest BCUT2D eigenvalue weighted by molar-refractivity contribution is 7.98. The van der Waals surface area contributed by atoms with Gasteiger partial charge in [-0.05, 0) is 12.1 Å². The highest BCUT2D eigenvalue weighted by Gasteiger charge is 2.05. The minimum absolute atomic E-state index is 0.0847. The molecule has 2 rings (SSSR count). The molecule has 92 valence electrons. The van der Waals surface area contributed by atoms with Gasteiger partial charge in [-0.3, -0.25) is 0 Å². The Morgan fingerprint density at radius 1 is 1.28 bits per heavy atom. The van der Waals surface area contributed by atoms with Crippen LogP contribution in [0, 0.1) is 0 Å². The van der Waals surface area contributed by atoms with Crippen molar-refractivity contribution < 1.29 is 9.90 Å². The van der Waals surface area contributed by atoms with Crippen molar-refractivity contribution in [3.8, 4) is 0 Å². The van der Waals surface area contributed by atoms with Crippen LogP contribution < -0.4 is 0 Å². The molecule has 2 aromatic rings. The van der Waals surface area contributed by atoms with Crippen LogP contribution in [0.5, 0.6) is 0 Å². The number of halogens is 1. The number of aromatic carboxylic acids is 1. The van der Waals surface area contributed by atoms with Gasteiger partial charge >= 0.3 is 5.97 Å². The van der Waals surface area contributed by atoms with Crippen LogP contribution in [0.25, 0.3) is 0 Å². The summed E-state index contributed by atoms with van der Waals surface area (Å²) in [4.78, 5) is 19.6. The quantitative estimate of drug-likeness (QED) is 0.872. The first-order chi connectivity index (χ1) is 8.66. The molecule has 0 spiro atoms. The lowest BCUT2D eigenvalue weighted by Crippen LogP contribution is -2.00. The lowest BCUT2D eigenvalue weighted by molar-refractivity contribution is 0.0696. The number of carboxylic acid groups (broad SMARTS) is 1. The van der Waals surface area contributed by atoms with E-state index in [2.05, 4.69) is 9.97 Å². The summed E-state index contributed by atoms with van der Waals surface area (Å²) in [6.07, 6.45) is 2.61. The number of rotatable bonds is 4. The lowest BCUT2D eigenvalue weighted by atomic mass is 10.3. The Kier molecular flexibility index (Phi) is 4.17. The van der Waals surface area contributed by atoms with Crippen LogP contribution in [0.4, 0.5) is 0 Å². The van der Waals surface area contributed by atoms with Gasteiger partial charge in [0.2, 0.25) is 0 Å². The van der Waals surface area contributed by atoms with E-state index in [1.54, 1.807) is 0 Å². The molecule has 18 heavy (non-hydrogen) atoms. The predicted molar refractivity (Wildman–Crippen MR) is 70.0 cm³/mol. The highest BCUT2D eigenvalue weighted by Crippen LogP contribution is 2.28. The molecule has 0 unspecified atom stereocenters. The Labute approximate surface area is 113 Å². The van der Waals surface area contributed by atoms with Gasteiger partial charge in [-0.15, -0.1) is 11.8 Å². The average Bonchev–Trinajstić information content (AvgIpc) is 2.38. The first-order valence-corrected chi connectivity index (χ1v) is 6.44. The molecule has 6 heteroatoms. The van der Waals surface area contributed by atoms with Crippen LogP contribution in [-0.4, -0.2) is 21.0 Å². The van der Waals surface area contributed by atoms with Gasteiger partial charge < -0.3 is 5.11 Å². The molecule has 1 heterocycles. The fourth-order valence-electron chi connectivity index (χ4n) is 1.24. The number of hydrogen-bond donors (Lipinski definition) is 1. The fraction of sp³-hybridized carbons (Fsp3) is 0.0833. The molecule has 1 aromatic carbocycles. The molecule has 0 radical (unpaired) electrons. The maximum absolute atomic E-state index is 10.6. The van der Waals surface area contributed by atoms with Crippen molar-refractivity contribution in [3.63, 3.8) is 0 Å². The van der Waals surface area contributed by atoms with E-state index < -0.39 is 5.97 Å². The third kappa shape index (κ3) is 3.21. The molecule has 0 aliphatic rings. The Hall–Kier alpha value is -1.59. The molecule has 1 aromatic heterocycles. The van der Waals surface area contributed by atoms with Gasteiger partial charge in [0.25, 0.3) is 0 Å². The summed E-state index contributed by atoms with van der Waals surface area (Å²) in [5.41, 5.74) is 0.0847. The molecule has 1 N–H and O–H groups in total. The highest BCUT2D eigenvalue weighted by atomic mass is 35.5. The second-order valence-corrected chi connectivity index (χ2v) is 4.84. The molecule has 0 atom stereocenters. The first kappa shape index (κ1) is 12.9. The third-order valence-electron chi connectivity index (χ3n) is 2.15. The number of carboxylic acids is 1. The van der Waals surface area contributed by atoms with E-state index in [9.17, 15) is 4.79 Å². The molecule has 0 saturated carbocycles. The third-order valence-corrected chi connectivity index (χ3v) is 3.66. The normalized spacial score (nSPS) is 10.3. The molecule has 0 aliphatic heterocycles. The Balaban J connectivity index is 2.02. The maximum atomic E-state index is 10.6. The van der Waals surface area contributed by atoms with E-state index in [4.69, 9.17) is 16.7 Å². The van der Waals surface area contributed by atoms with Gasteiger partial charge in [-0.2, -0.15) is 0 Å². The maximum Gasteiger partial charge on any atom is 0.338 e. The standard InChI is InChI=1S/C12H9ClN2O2S/c13-9-3-1-2-4-10(9)18-7-11-14-5-8(6-15-11)12(16)17/h1-6H,7H2,(H,16,17). The Morgan fingerprint density at radius 2 is 1.94 bits per heavy atom. The van der Waals surface area contributed by atoms with Crippen LogP contribution in [0.3, 0.4) is 0 Å². The summed E-state index contributed by atoms with van der Waals surface area (Å²) in [6, 6.07) is 7.50. The lowest BCUT2D eigenvalue weighted by Gasteiger charge is -2.03. The van der Waals surface area contributed by atoms with Crippen LogP contribution >= 0.6 is 23.4 Å². The van der Waals surface area contributed by atoms with Crippen LogP contribution in [0.1, 0.15) is 16.2 Å². The van der Waals surface area contributed by atoms with Gasteiger partial charge in [0, 0.05) is 17.3 Å². The molecule has 0 aliphatic carbocycles. The SMILES string of the molecule is O=C(O)c1cnc(CSc2ccccc2Cl)nc1. The summed E-state index contributed by atoms with van der Waals surface area (Å²) in [7, 11) is 0. The molecule has 0 saturated heterocycles. The van der Waals surface area contributed by atoms with Gasteiger partial charge in [0.15, 0.2) is 0 Å². The van der Waals surface area contributed by atoms with E-state index in [1.165, 1.54) is 24.2 Å². The zero-order chi connectivity index (χ0) is 13.0. The zero-order valence-corrected chi connectivity index (χ0v) is 10.8. The summed E-state index contributed by atoms with van der Waals surface area (Å²) in [6.45, 7) is 0. The van der Waals surface area contributed by atoms with Crippen molar-refractivity contribution in [1.82, 2.24) is 9.97 Å². The van der Waals surface area contributed by atoms with E-state index in [-0.39, 0.29) is 5.56 Å². The van der Waals surface area contributed by atoms with Crippen LogP contribution in [0.15, 0.2) is 41.6 Å². The van der Waals surface area contributed by atoms with Gasteiger partial charge in [0.05, 0.1) is 16.3 Å². The van der Waals surface area contributed by atoms with Crippen molar-refractivity contribution in [2.75, 3.05) is 0 Å². The summed E-state index contributed by atoms with van der Waals surface area (Å²) < 4.78 is 0. The summed E-state index contributed by atoms with van der Waals surface area (Å²) in [5.74, 6) is 0.0918. The summed E-state index contributed by atoms with van der Waals surface area (Å²) >= 11 is 7.53. The molecule has 0 amide bonds. The number of carbonyl (C=O) groups is 1. The second kappa shape index (κ2) is 5.84. The second-order valence-electron chi connectivity index (χ2n) is 3.41. The van der Waals surface area contributed by atoms with E-state index in [1.807, 2.05) is 24.3 Å². The van der Waals surface area contributed by atoms with E-state index >= 15 is 0 Å². The largest absolute Gasteiger partial charge is 0.478 e. The van der Waals surface area contributed by atoms with Gasteiger partial charge in [-0.25, -0.2) is 14.8 Å². The minimum atomic E-state index is -1.03. The number of nitrogens with zero attached hydrogens (tertiary/aromatic N) is 2. The van der Waals surface area contributed by atoms with Gasteiger partial charge in [0.1, 0.15) is 5.82 Å². The molecule has 4 nitrogen and oxygen atoms in total. The van der Waals surface area contributed by atoms with Crippen molar-refractivity contribution >= 4 is 29.3 Å². The summed E-state index contributed by atoms with van der Waals surface area (Å²) in [5, 5.41) is 9.40. The van der Waals surface area contributed by atoms with Crippen LogP contribution in [-0.2, 0) is 5.75 Å². The molecular formula is C12H9ClN2O2S. The minimum Gasteiger partial charge on any atom is -0.478 e. The topological polar surface area (TPSA) is 63.1 Å². The van der Waals surface area contributed by atoms with Crippen molar-refractivity contribution in [1.29, 1.82) is 0 Å². The molecule has 0 fully saturated rings.